The summed E-state index contributed by atoms with van der Waals surface area (Å²) in [6, 6.07) is 16.4. The summed E-state index contributed by atoms with van der Waals surface area (Å²) in [5.41, 5.74) is 2.60. The van der Waals surface area contributed by atoms with E-state index in [-0.39, 0.29) is 0 Å². The fraction of sp³-hybridized carbons (Fsp3) is 0.176. The van der Waals surface area contributed by atoms with Crippen LogP contribution in [0.25, 0.3) is 10.8 Å². The van der Waals surface area contributed by atoms with Crippen LogP contribution in [0.1, 0.15) is 11.1 Å². The van der Waals surface area contributed by atoms with Crippen LogP contribution >= 0.6 is 11.6 Å². The van der Waals surface area contributed by atoms with Gasteiger partial charge in [0.25, 0.3) is 0 Å². The number of nitrogens with one attached hydrogen (secondary N) is 1. The molecule has 0 saturated carbocycles. The van der Waals surface area contributed by atoms with E-state index in [1.165, 1.54) is 11.1 Å². The molecule has 0 radical (unpaired) electrons. The summed E-state index contributed by atoms with van der Waals surface area (Å²) in [5.74, 6) is 0.780. The molecule has 0 unspecified atom stereocenters. The van der Waals surface area contributed by atoms with E-state index < -0.39 is 0 Å². The lowest BCUT2D eigenvalue weighted by Gasteiger charge is -2.09. The number of rotatable bonds is 4. The summed E-state index contributed by atoms with van der Waals surface area (Å²) in [7, 11) is 0. The fourth-order valence-electron chi connectivity index (χ4n) is 2.39. The van der Waals surface area contributed by atoms with Gasteiger partial charge in [-0.2, -0.15) is 0 Å². The largest absolute Gasteiger partial charge is 0.368 e. The standard InChI is InChI=1S/C17H16ClN3/c1-12-5-4-6-13(11-12)9-10-19-17-15-8-3-2-7-14(15)16(18)20-21-17/h2-8,11H,9-10H2,1H3,(H,19,21). The Labute approximate surface area is 129 Å². The van der Waals surface area contributed by atoms with Crippen molar-refractivity contribution in [2.75, 3.05) is 11.9 Å². The number of hydrogen-bond acceptors (Lipinski definition) is 3. The van der Waals surface area contributed by atoms with Gasteiger partial charge in [-0.3, -0.25) is 0 Å². The van der Waals surface area contributed by atoms with Crippen LogP contribution in [0.4, 0.5) is 5.82 Å². The molecule has 0 atom stereocenters. The smallest absolute Gasteiger partial charge is 0.159 e. The van der Waals surface area contributed by atoms with Crippen LogP contribution in [0.3, 0.4) is 0 Å². The Morgan fingerprint density at radius 1 is 1.00 bits per heavy atom. The van der Waals surface area contributed by atoms with Crippen molar-refractivity contribution < 1.29 is 0 Å². The number of benzene rings is 2. The maximum Gasteiger partial charge on any atom is 0.159 e. The van der Waals surface area contributed by atoms with Crippen LogP contribution in [0.5, 0.6) is 0 Å². The third-order valence-electron chi connectivity index (χ3n) is 3.43. The van der Waals surface area contributed by atoms with E-state index in [4.69, 9.17) is 11.6 Å². The molecule has 0 aliphatic carbocycles. The van der Waals surface area contributed by atoms with Gasteiger partial charge in [0.1, 0.15) is 0 Å². The average Bonchev–Trinajstić information content (AvgIpc) is 2.50. The summed E-state index contributed by atoms with van der Waals surface area (Å²) >= 11 is 6.07. The Hall–Kier alpha value is -2.13. The average molecular weight is 298 g/mol. The lowest BCUT2D eigenvalue weighted by molar-refractivity contribution is 0.976. The van der Waals surface area contributed by atoms with Gasteiger partial charge in [0, 0.05) is 17.3 Å². The van der Waals surface area contributed by atoms with Crippen molar-refractivity contribution in [2.45, 2.75) is 13.3 Å². The lowest BCUT2D eigenvalue weighted by atomic mass is 10.1. The van der Waals surface area contributed by atoms with Crippen molar-refractivity contribution in [1.82, 2.24) is 10.2 Å². The zero-order chi connectivity index (χ0) is 14.7. The maximum absolute atomic E-state index is 6.07. The molecule has 106 valence electrons. The van der Waals surface area contributed by atoms with Gasteiger partial charge >= 0.3 is 0 Å². The van der Waals surface area contributed by atoms with Gasteiger partial charge in [0.05, 0.1) is 0 Å². The van der Waals surface area contributed by atoms with E-state index in [2.05, 4.69) is 46.7 Å². The zero-order valence-electron chi connectivity index (χ0n) is 11.8. The molecule has 0 amide bonds. The number of aromatic nitrogens is 2. The number of nitrogens with zero attached hydrogens (tertiary/aromatic N) is 2. The van der Waals surface area contributed by atoms with E-state index in [9.17, 15) is 0 Å². The molecule has 4 heteroatoms. The summed E-state index contributed by atoms with van der Waals surface area (Å²) in [5, 5.41) is 13.9. The first-order chi connectivity index (χ1) is 10.2. The zero-order valence-corrected chi connectivity index (χ0v) is 12.6. The van der Waals surface area contributed by atoms with Crippen LogP contribution < -0.4 is 5.32 Å². The summed E-state index contributed by atoms with van der Waals surface area (Å²) in [4.78, 5) is 0. The first-order valence-corrected chi connectivity index (χ1v) is 7.32. The van der Waals surface area contributed by atoms with Gasteiger partial charge in [-0.05, 0) is 18.9 Å². The Balaban J connectivity index is 1.75. The molecule has 21 heavy (non-hydrogen) atoms. The van der Waals surface area contributed by atoms with Crippen LogP contribution in [0.15, 0.2) is 48.5 Å². The number of halogens is 1. The van der Waals surface area contributed by atoms with Gasteiger partial charge in [-0.25, -0.2) is 0 Å². The molecule has 0 fully saturated rings. The molecule has 0 bridgehead atoms. The van der Waals surface area contributed by atoms with Gasteiger partial charge in [0.15, 0.2) is 11.0 Å². The first-order valence-electron chi connectivity index (χ1n) is 6.94. The van der Waals surface area contributed by atoms with Crippen molar-refractivity contribution in [3.63, 3.8) is 0 Å². The van der Waals surface area contributed by atoms with Gasteiger partial charge < -0.3 is 5.32 Å². The van der Waals surface area contributed by atoms with Crippen molar-refractivity contribution in [1.29, 1.82) is 0 Å². The van der Waals surface area contributed by atoms with Crippen LogP contribution in [0, 0.1) is 6.92 Å². The normalized spacial score (nSPS) is 10.8. The second kappa shape index (κ2) is 6.10. The Morgan fingerprint density at radius 3 is 2.62 bits per heavy atom. The minimum Gasteiger partial charge on any atom is -0.368 e. The van der Waals surface area contributed by atoms with Crippen LogP contribution in [-0.4, -0.2) is 16.7 Å². The van der Waals surface area contributed by atoms with Crippen LogP contribution in [-0.2, 0) is 6.42 Å². The quantitative estimate of drug-likeness (QED) is 0.782. The topological polar surface area (TPSA) is 37.8 Å². The number of aryl methyl sites for hydroxylation is 1. The van der Waals surface area contributed by atoms with E-state index in [1.54, 1.807) is 0 Å². The summed E-state index contributed by atoms with van der Waals surface area (Å²) < 4.78 is 0. The van der Waals surface area contributed by atoms with E-state index in [1.807, 2.05) is 24.3 Å². The number of fused-ring (bicyclic) bond motifs is 1. The number of hydrogen-bond donors (Lipinski definition) is 1. The highest BCUT2D eigenvalue weighted by molar-refractivity contribution is 6.34. The monoisotopic (exact) mass is 297 g/mol. The Kier molecular flexibility index (Phi) is 4.02. The second-order valence-electron chi connectivity index (χ2n) is 5.05. The van der Waals surface area contributed by atoms with E-state index >= 15 is 0 Å². The van der Waals surface area contributed by atoms with E-state index in [0.717, 1.165) is 29.6 Å². The van der Waals surface area contributed by atoms with Crippen molar-refractivity contribution in [2.24, 2.45) is 0 Å². The maximum atomic E-state index is 6.07. The highest BCUT2D eigenvalue weighted by atomic mass is 35.5. The molecule has 0 spiro atoms. The van der Waals surface area contributed by atoms with E-state index in [0.29, 0.717) is 5.15 Å². The Bertz CT molecular complexity index is 771. The fourth-order valence-corrected chi connectivity index (χ4v) is 2.60. The molecular formula is C17H16ClN3. The highest BCUT2D eigenvalue weighted by Gasteiger charge is 2.06. The molecule has 0 aliphatic rings. The third-order valence-corrected chi connectivity index (χ3v) is 3.71. The SMILES string of the molecule is Cc1cccc(CCNc2nnc(Cl)c3ccccc23)c1. The summed E-state index contributed by atoms with van der Waals surface area (Å²) in [6.07, 6.45) is 0.945. The number of anilines is 1. The summed E-state index contributed by atoms with van der Waals surface area (Å²) in [6.45, 7) is 2.92. The molecule has 0 saturated heterocycles. The molecule has 1 aromatic heterocycles. The molecule has 3 aromatic rings. The molecule has 3 nitrogen and oxygen atoms in total. The predicted octanol–water partition coefficient (Wildman–Crippen LogP) is 4.25. The predicted molar refractivity (Wildman–Crippen MR) is 87.9 cm³/mol. The molecule has 2 aromatic carbocycles. The molecule has 0 aliphatic heterocycles. The molecular weight excluding hydrogens is 282 g/mol. The second-order valence-corrected chi connectivity index (χ2v) is 5.41. The minimum absolute atomic E-state index is 0.440. The van der Waals surface area contributed by atoms with Gasteiger partial charge in [-0.1, -0.05) is 65.7 Å². The van der Waals surface area contributed by atoms with Gasteiger partial charge in [0.2, 0.25) is 0 Å². The molecule has 1 N–H and O–H groups in total. The highest BCUT2D eigenvalue weighted by Crippen LogP contribution is 2.25. The lowest BCUT2D eigenvalue weighted by Crippen LogP contribution is -2.07. The third kappa shape index (κ3) is 3.14. The van der Waals surface area contributed by atoms with Crippen LogP contribution in [0.2, 0.25) is 5.15 Å². The van der Waals surface area contributed by atoms with Gasteiger partial charge in [-0.15, -0.1) is 10.2 Å². The van der Waals surface area contributed by atoms with Crippen molar-refractivity contribution in [3.8, 4) is 0 Å². The molecule has 1 heterocycles. The van der Waals surface area contributed by atoms with Crippen molar-refractivity contribution >= 4 is 28.2 Å². The first kappa shape index (κ1) is 13.8. The Morgan fingerprint density at radius 2 is 1.81 bits per heavy atom. The van der Waals surface area contributed by atoms with Crippen molar-refractivity contribution in [3.05, 3.63) is 64.8 Å². The minimum atomic E-state index is 0.440. The molecule has 3 rings (SSSR count).